The van der Waals surface area contributed by atoms with Gasteiger partial charge in [0, 0.05) is 24.5 Å². The van der Waals surface area contributed by atoms with Gasteiger partial charge in [0.1, 0.15) is 0 Å². The first-order valence-electron chi connectivity index (χ1n) is 7.45. The molecule has 1 aliphatic carbocycles. The van der Waals surface area contributed by atoms with Crippen LogP contribution in [0.1, 0.15) is 58.8 Å². The van der Waals surface area contributed by atoms with E-state index >= 15 is 0 Å². The van der Waals surface area contributed by atoms with Crippen LogP contribution in [0.4, 0.5) is 0 Å². The monoisotopic (exact) mass is 301 g/mol. The fourth-order valence-electron chi connectivity index (χ4n) is 3.85. The first-order valence-corrected chi connectivity index (χ1v) is 8.57. The molecule has 1 saturated heterocycles. The Labute approximate surface area is 115 Å². The van der Waals surface area contributed by atoms with Crippen LogP contribution in [0.25, 0.3) is 0 Å². The summed E-state index contributed by atoms with van der Waals surface area (Å²) in [6.45, 7) is 7.49. The van der Waals surface area contributed by atoms with E-state index in [1.165, 1.54) is 63.4 Å². The Balaban J connectivity index is 1.97. The highest BCUT2D eigenvalue weighted by atomic mass is 79.9. The van der Waals surface area contributed by atoms with Crippen molar-refractivity contribution >= 4 is 15.9 Å². The average Bonchev–Trinajstić information content (AvgIpc) is 2.54. The van der Waals surface area contributed by atoms with E-state index in [2.05, 4.69) is 34.7 Å². The number of nitrogens with zero attached hydrogens (tertiary/aromatic N) is 1. The Hall–Kier alpha value is 0.440. The summed E-state index contributed by atoms with van der Waals surface area (Å²) in [7, 11) is 0. The molecule has 2 rings (SSSR count). The van der Waals surface area contributed by atoms with Crippen molar-refractivity contribution in [2.24, 2.45) is 11.3 Å². The maximum absolute atomic E-state index is 3.82. The molecule has 0 spiro atoms. The summed E-state index contributed by atoms with van der Waals surface area (Å²) in [5.41, 5.74) is 0.578. The van der Waals surface area contributed by atoms with Crippen LogP contribution in [0.15, 0.2) is 0 Å². The number of likely N-dealkylation sites (tertiary alicyclic amines) is 1. The van der Waals surface area contributed by atoms with Gasteiger partial charge in [-0.2, -0.15) is 0 Å². The second kappa shape index (κ2) is 6.06. The van der Waals surface area contributed by atoms with E-state index < -0.39 is 0 Å². The van der Waals surface area contributed by atoms with Crippen LogP contribution < -0.4 is 0 Å². The molecule has 1 aliphatic heterocycles. The van der Waals surface area contributed by atoms with Gasteiger partial charge in [0.2, 0.25) is 0 Å². The molecule has 2 atom stereocenters. The molecule has 1 saturated carbocycles. The van der Waals surface area contributed by atoms with Gasteiger partial charge in [0.05, 0.1) is 0 Å². The predicted octanol–water partition coefficient (Wildman–Crippen LogP) is 4.45. The fraction of sp³-hybridized carbons (Fsp3) is 1.00. The molecule has 2 heteroatoms. The molecule has 0 N–H and O–H groups in total. The van der Waals surface area contributed by atoms with Gasteiger partial charge < -0.3 is 0 Å². The largest absolute Gasteiger partial charge is 0.300 e. The first-order chi connectivity index (χ1) is 8.15. The van der Waals surface area contributed by atoms with Crippen LogP contribution in [-0.2, 0) is 0 Å². The van der Waals surface area contributed by atoms with E-state index in [-0.39, 0.29) is 0 Å². The molecule has 0 aromatic rings. The summed E-state index contributed by atoms with van der Waals surface area (Å²) in [5.74, 6) is 0.906. The Kier molecular flexibility index (Phi) is 4.94. The summed E-state index contributed by atoms with van der Waals surface area (Å²) in [5, 5.41) is 1.21. The minimum absolute atomic E-state index is 0.578. The van der Waals surface area contributed by atoms with Gasteiger partial charge in [-0.3, -0.25) is 4.90 Å². The molecule has 0 aromatic carbocycles. The molecule has 100 valence electrons. The van der Waals surface area contributed by atoms with Gasteiger partial charge in [-0.25, -0.2) is 0 Å². The smallest absolute Gasteiger partial charge is 0.0100 e. The molecule has 17 heavy (non-hydrogen) atoms. The van der Waals surface area contributed by atoms with E-state index in [1.54, 1.807) is 0 Å². The van der Waals surface area contributed by atoms with Crippen LogP contribution in [0.3, 0.4) is 0 Å². The normalized spacial score (nSPS) is 34.8. The first kappa shape index (κ1) is 13.9. The van der Waals surface area contributed by atoms with E-state index in [4.69, 9.17) is 0 Å². The summed E-state index contributed by atoms with van der Waals surface area (Å²) in [4.78, 5) is 2.76. The van der Waals surface area contributed by atoms with Crippen molar-refractivity contribution in [1.82, 2.24) is 4.90 Å². The van der Waals surface area contributed by atoms with Crippen molar-refractivity contribution in [3.63, 3.8) is 0 Å². The highest BCUT2D eigenvalue weighted by Gasteiger charge is 2.36. The van der Waals surface area contributed by atoms with E-state index in [0.29, 0.717) is 5.41 Å². The van der Waals surface area contributed by atoms with Crippen molar-refractivity contribution in [2.75, 3.05) is 18.4 Å². The highest BCUT2D eigenvalue weighted by molar-refractivity contribution is 9.09. The Morgan fingerprint density at radius 3 is 2.24 bits per heavy atom. The number of halogens is 1. The summed E-state index contributed by atoms with van der Waals surface area (Å²) >= 11 is 3.82. The van der Waals surface area contributed by atoms with Crippen molar-refractivity contribution in [3.8, 4) is 0 Å². The lowest BCUT2D eigenvalue weighted by Gasteiger charge is -2.37. The van der Waals surface area contributed by atoms with Gasteiger partial charge in [-0.1, -0.05) is 48.5 Å². The van der Waals surface area contributed by atoms with Gasteiger partial charge >= 0.3 is 0 Å². The van der Waals surface area contributed by atoms with E-state index in [9.17, 15) is 0 Å². The SMILES string of the molecule is CC1CC(C)N(CC2(CBr)CCCCCC2)C1. The molecule has 1 heterocycles. The third-order valence-corrected chi connectivity index (χ3v) is 6.09. The lowest BCUT2D eigenvalue weighted by Crippen LogP contribution is -2.40. The van der Waals surface area contributed by atoms with Crippen molar-refractivity contribution < 1.29 is 0 Å². The molecule has 2 aliphatic rings. The zero-order chi connectivity index (χ0) is 12.3. The van der Waals surface area contributed by atoms with Crippen LogP contribution in [-0.4, -0.2) is 29.4 Å². The molecular formula is C15H28BrN. The minimum Gasteiger partial charge on any atom is -0.300 e. The molecule has 0 aromatic heterocycles. The topological polar surface area (TPSA) is 3.24 Å². The zero-order valence-electron chi connectivity index (χ0n) is 11.6. The number of alkyl halides is 1. The number of hydrogen-bond acceptors (Lipinski definition) is 1. The number of rotatable bonds is 3. The molecule has 2 fully saturated rings. The van der Waals surface area contributed by atoms with Crippen LogP contribution >= 0.6 is 15.9 Å². The molecule has 0 bridgehead atoms. The third-order valence-electron chi connectivity index (χ3n) is 4.90. The second-order valence-corrected chi connectivity index (χ2v) is 7.23. The summed E-state index contributed by atoms with van der Waals surface area (Å²) in [6, 6.07) is 0.809. The molecule has 1 nitrogen and oxygen atoms in total. The second-order valence-electron chi connectivity index (χ2n) is 6.67. The third kappa shape index (κ3) is 3.47. The standard InChI is InChI=1S/C15H28BrN/c1-13-9-14(2)17(10-13)12-15(11-16)7-5-3-4-6-8-15/h13-14H,3-12H2,1-2H3. The molecular weight excluding hydrogens is 274 g/mol. The lowest BCUT2D eigenvalue weighted by atomic mass is 9.82. The minimum atomic E-state index is 0.578. The van der Waals surface area contributed by atoms with Crippen molar-refractivity contribution in [2.45, 2.75) is 64.8 Å². The Morgan fingerprint density at radius 1 is 1.12 bits per heavy atom. The van der Waals surface area contributed by atoms with E-state index in [1.807, 2.05) is 0 Å². The average molecular weight is 302 g/mol. The maximum atomic E-state index is 3.82. The Morgan fingerprint density at radius 2 is 1.76 bits per heavy atom. The Bertz CT molecular complexity index is 233. The van der Waals surface area contributed by atoms with Gasteiger partial charge in [0.15, 0.2) is 0 Å². The van der Waals surface area contributed by atoms with Crippen LogP contribution in [0, 0.1) is 11.3 Å². The van der Waals surface area contributed by atoms with Crippen LogP contribution in [0.5, 0.6) is 0 Å². The van der Waals surface area contributed by atoms with Gasteiger partial charge in [-0.05, 0) is 37.5 Å². The maximum Gasteiger partial charge on any atom is 0.0100 e. The fourth-order valence-corrected chi connectivity index (χ4v) is 4.59. The van der Waals surface area contributed by atoms with Crippen molar-refractivity contribution in [3.05, 3.63) is 0 Å². The van der Waals surface area contributed by atoms with Gasteiger partial charge in [0.25, 0.3) is 0 Å². The molecule has 0 amide bonds. The summed E-state index contributed by atoms with van der Waals surface area (Å²) in [6.07, 6.45) is 10.1. The number of hydrogen-bond donors (Lipinski definition) is 0. The quantitative estimate of drug-likeness (QED) is 0.550. The zero-order valence-corrected chi connectivity index (χ0v) is 13.1. The summed E-state index contributed by atoms with van der Waals surface area (Å²) < 4.78 is 0. The molecule has 0 radical (unpaired) electrons. The van der Waals surface area contributed by atoms with E-state index in [0.717, 1.165) is 12.0 Å². The van der Waals surface area contributed by atoms with Crippen LogP contribution in [0.2, 0.25) is 0 Å². The lowest BCUT2D eigenvalue weighted by molar-refractivity contribution is 0.145. The predicted molar refractivity (Wildman–Crippen MR) is 78.7 cm³/mol. The van der Waals surface area contributed by atoms with Gasteiger partial charge in [-0.15, -0.1) is 0 Å². The molecule has 2 unspecified atom stereocenters. The highest BCUT2D eigenvalue weighted by Crippen LogP contribution is 2.39. The van der Waals surface area contributed by atoms with Crippen molar-refractivity contribution in [1.29, 1.82) is 0 Å².